The Morgan fingerprint density at radius 2 is 2.05 bits per heavy atom. The van der Waals surface area contributed by atoms with Crippen molar-refractivity contribution in [1.82, 2.24) is 5.43 Å². The predicted octanol–water partition coefficient (Wildman–Crippen LogP) is 3.58. The Morgan fingerprint density at radius 1 is 1.24 bits per heavy atom. The summed E-state index contributed by atoms with van der Waals surface area (Å²) in [6.07, 6.45) is 3.85. The van der Waals surface area contributed by atoms with Crippen LogP contribution in [0, 0.1) is 0 Å². The number of hydrogen-bond acceptors (Lipinski definition) is 4. The highest BCUT2D eigenvalue weighted by Crippen LogP contribution is 2.38. The fraction of sp³-hybridized carbons (Fsp3) is 0.412. The lowest BCUT2D eigenvalue weighted by Gasteiger charge is -2.20. The van der Waals surface area contributed by atoms with E-state index in [4.69, 9.17) is 10.6 Å². The monoisotopic (exact) mass is 302 g/mol. The summed E-state index contributed by atoms with van der Waals surface area (Å²) in [5.74, 6) is 6.76. The van der Waals surface area contributed by atoms with Crippen LogP contribution in [0.3, 0.4) is 0 Å². The van der Waals surface area contributed by atoms with Crippen LogP contribution in [0.1, 0.15) is 47.2 Å². The van der Waals surface area contributed by atoms with Crippen molar-refractivity contribution >= 4 is 11.3 Å². The highest BCUT2D eigenvalue weighted by atomic mass is 32.1. The Hall–Kier alpha value is -1.36. The lowest BCUT2D eigenvalue weighted by molar-refractivity contribution is 0.238. The van der Waals surface area contributed by atoms with Crippen molar-refractivity contribution in [1.29, 1.82) is 0 Å². The van der Waals surface area contributed by atoms with Crippen LogP contribution in [-0.4, -0.2) is 6.10 Å². The normalized spacial score (nSPS) is 15.2. The third-order valence-electron chi connectivity index (χ3n) is 3.81. The number of rotatable bonds is 5. The number of thiophene rings is 1. The highest BCUT2D eigenvalue weighted by molar-refractivity contribution is 7.12. The average Bonchev–Trinajstić information content (AvgIpc) is 3.02. The largest absolute Gasteiger partial charge is 0.491 e. The summed E-state index contributed by atoms with van der Waals surface area (Å²) < 4.78 is 5.94. The lowest BCUT2D eigenvalue weighted by atomic mass is 10.0. The molecule has 0 saturated carbocycles. The number of nitrogens with one attached hydrogen (secondary N) is 1. The second kappa shape index (κ2) is 6.18. The third kappa shape index (κ3) is 2.98. The smallest absolute Gasteiger partial charge is 0.124 e. The summed E-state index contributed by atoms with van der Waals surface area (Å²) in [7, 11) is 0. The van der Waals surface area contributed by atoms with Gasteiger partial charge in [0, 0.05) is 15.3 Å². The standard InChI is InChI=1S/C17H22N2OS/c1-11(2)20-14-8-4-3-7-13(14)17(19-18)16-10-12-6-5-9-15(12)21-16/h3-4,7-8,10-11,17,19H,5-6,9,18H2,1-2H3. The molecule has 4 heteroatoms. The van der Waals surface area contributed by atoms with Gasteiger partial charge in [-0.25, -0.2) is 5.43 Å². The first kappa shape index (κ1) is 14.6. The average molecular weight is 302 g/mol. The van der Waals surface area contributed by atoms with Gasteiger partial charge in [-0.05, 0) is 50.8 Å². The van der Waals surface area contributed by atoms with E-state index in [9.17, 15) is 0 Å². The summed E-state index contributed by atoms with van der Waals surface area (Å²) in [5, 5.41) is 0. The van der Waals surface area contributed by atoms with Gasteiger partial charge in [0.15, 0.2) is 0 Å². The van der Waals surface area contributed by atoms with E-state index in [1.54, 1.807) is 0 Å². The SMILES string of the molecule is CC(C)Oc1ccccc1C(NN)c1cc2c(s1)CCC2. The van der Waals surface area contributed by atoms with Crippen LogP contribution in [0.15, 0.2) is 30.3 Å². The third-order valence-corrected chi connectivity index (χ3v) is 5.11. The molecule has 0 spiro atoms. The van der Waals surface area contributed by atoms with Crippen LogP contribution in [-0.2, 0) is 12.8 Å². The van der Waals surface area contributed by atoms with Crippen LogP contribution in [0.25, 0.3) is 0 Å². The van der Waals surface area contributed by atoms with Gasteiger partial charge in [-0.3, -0.25) is 5.84 Å². The number of nitrogens with two attached hydrogens (primary N) is 1. The molecule has 1 aromatic carbocycles. The van der Waals surface area contributed by atoms with Gasteiger partial charge in [0.1, 0.15) is 5.75 Å². The Labute approximate surface area is 130 Å². The van der Waals surface area contributed by atoms with Crippen molar-refractivity contribution in [2.75, 3.05) is 0 Å². The molecule has 0 aliphatic heterocycles. The van der Waals surface area contributed by atoms with E-state index in [0.717, 1.165) is 11.3 Å². The molecule has 3 nitrogen and oxygen atoms in total. The first-order valence-electron chi connectivity index (χ1n) is 7.52. The number of hydrogen-bond donors (Lipinski definition) is 2. The number of aryl methyl sites for hydroxylation is 2. The molecule has 1 aliphatic rings. The minimum atomic E-state index is -0.00412. The Bertz CT molecular complexity index is 600. The zero-order chi connectivity index (χ0) is 14.8. The Kier molecular flexibility index (Phi) is 4.29. The van der Waals surface area contributed by atoms with Crippen LogP contribution in [0.2, 0.25) is 0 Å². The fourth-order valence-electron chi connectivity index (χ4n) is 2.90. The quantitative estimate of drug-likeness (QED) is 0.655. The second-order valence-corrected chi connectivity index (χ2v) is 6.92. The molecule has 1 aliphatic carbocycles. The molecular formula is C17H22N2OS. The molecule has 1 aromatic heterocycles. The number of benzene rings is 1. The molecule has 3 rings (SSSR count). The molecule has 0 radical (unpaired) electrons. The van der Waals surface area contributed by atoms with Crippen LogP contribution < -0.4 is 16.0 Å². The molecule has 1 unspecified atom stereocenters. The number of hydrazine groups is 1. The molecule has 1 heterocycles. The molecule has 112 valence electrons. The van der Waals surface area contributed by atoms with Gasteiger partial charge in [0.2, 0.25) is 0 Å². The summed E-state index contributed by atoms with van der Waals surface area (Å²) in [6, 6.07) is 10.4. The first-order valence-corrected chi connectivity index (χ1v) is 8.34. The summed E-state index contributed by atoms with van der Waals surface area (Å²) in [4.78, 5) is 2.80. The molecule has 21 heavy (non-hydrogen) atoms. The van der Waals surface area contributed by atoms with Gasteiger partial charge < -0.3 is 4.74 Å². The van der Waals surface area contributed by atoms with Crippen LogP contribution in [0.4, 0.5) is 0 Å². The van der Waals surface area contributed by atoms with E-state index in [2.05, 4.69) is 17.6 Å². The maximum absolute atomic E-state index is 5.94. The van der Waals surface area contributed by atoms with E-state index >= 15 is 0 Å². The maximum Gasteiger partial charge on any atom is 0.124 e. The van der Waals surface area contributed by atoms with Crippen molar-refractivity contribution in [2.45, 2.75) is 45.3 Å². The van der Waals surface area contributed by atoms with E-state index in [1.165, 1.54) is 34.6 Å². The van der Waals surface area contributed by atoms with Crippen molar-refractivity contribution in [2.24, 2.45) is 5.84 Å². The Morgan fingerprint density at radius 3 is 2.76 bits per heavy atom. The molecule has 2 aromatic rings. The zero-order valence-electron chi connectivity index (χ0n) is 12.6. The van der Waals surface area contributed by atoms with Gasteiger partial charge in [-0.1, -0.05) is 18.2 Å². The topological polar surface area (TPSA) is 47.3 Å². The molecule has 3 N–H and O–H groups in total. The van der Waals surface area contributed by atoms with E-state index in [1.807, 2.05) is 43.4 Å². The van der Waals surface area contributed by atoms with E-state index in [-0.39, 0.29) is 12.1 Å². The zero-order valence-corrected chi connectivity index (χ0v) is 13.4. The Balaban J connectivity index is 1.95. The fourth-order valence-corrected chi connectivity index (χ4v) is 4.24. The van der Waals surface area contributed by atoms with E-state index in [0.29, 0.717) is 0 Å². The summed E-state index contributed by atoms with van der Waals surface area (Å²) in [6.45, 7) is 4.09. The second-order valence-electron chi connectivity index (χ2n) is 5.75. The van der Waals surface area contributed by atoms with Crippen molar-refractivity contribution in [3.05, 3.63) is 51.2 Å². The lowest BCUT2D eigenvalue weighted by Crippen LogP contribution is -2.28. The minimum absolute atomic E-state index is 0.00412. The van der Waals surface area contributed by atoms with Gasteiger partial charge in [-0.15, -0.1) is 11.3 Å². The first-order chi connectivity index (χ1) is 10.2. The summed E-state index contributed by atoms with van der Waals surface area (Å²) in [5.41, 5.74) is 5.57. The summed E-state index contributed by atoms with van der Waals surface area (Å²) >= 11 is 1.88. The van der Waals surface area contributed by atoms with Crippen LogP contribution >= 0.6 is 11.3 Å². The molecule has 0 saturated heterocycles. The number of ether oxygens (including phenoxy) is 1. The highest BCUT2D eigenvalue weighted by Gasteiger charge is 2.23. The van der Waals surface area contributed by atoms with Crippen molar-refractivity contribution < 1.29 is 4.74 Å². The number of fused-ring (bicyclic) bond motifs is 1. The molecule has 1 atom stereocenters. The maximum atomic E-state index is 5.94. The molecular weight excluding hydrogens is 280 g/mol. The van der Waals surface area contributed by atoms with Gasteiger partial charge in [0.25, 0.3) is 0 Å². The molecule has 0 amide bonds. The van der Waals surface area contributed by atoms with Gasteiger partial charge in [0.05, 0.1) is 12.1 Å². The van der Waals surface area contributed by atoms with Gasteiger partial charge in [-0.2, -0.15) is 0 Å². The van der Waals surface area contributed by atoms with E-state index < -0.39 is 0 Å². The van der Waals surface area contributed by atoms with Crippen molar-refractivity contribution in [3.8, 4) is 5.75 Å². The van der Waals surface area contributed by atoms with Crippen molar-refractivity contribution in [3.63, 3.8) is 0 Å². The molecule has 0 bridgehead atoms. The minimum Gasteiger partial charge on any atom is -0.491 e. The number of para-hydroxylation sites is 1. The van der Waals surface area contributed by atoms with Gasteiger partial charge >= 0.3 is 0 Å². The molecule has 0 fully saturated rings. The predicted molar refractivity (Wildman–Crippen MR) is 87.7 cm³/mol. The van der Waals surface area contributed by atoms with Crippen LogP contribution in [0.5, 0.6) is 5.75 Å².